The number of nitrogens with zero attached hydrogens (tertiary/aromatic N) is 2. The molecule has 76 valence electrons. The van der Waals surface area contributed by atoms with Gasteiger partial charge in [-0.3, -0.25) is 4.68 Å². The first kappa shape index (κ1) is 10.5. The minimum Gasteiger partial charge on any atom is -0.478 e. The van der Waals surface area contributed by atoms with Crippen LogP contribution in [0.4, 0.5) is 0 Å². The second kappa shape index (κ2) is 4.57. The molecule has 1 rings (SSSR count). The summed E-state index contributed by atoms with van der Waals surface area (Å²) in [5, 5.41) is 21.2. The molecule has 0 amide bonds. The molecule has 5 heteroatoms. The Balaban J connectivity index is 2.76. The highest BCUT2D eigenvalue weighted by molar-refractivity contribution is 5.88. The molecule has 0 saturated heterocycles. The minimum absolute atomic E-state index is 0.0218. The third-order valence-electron chi connectivity index (χ3n) is 1.74. The van der Waals surface area contributed by atoms with Crippen LogP contribution in [0.2, 0.25) is 0 Å². The van der Waals surface area contributed by atoms with Crippen molar-refractivity contribution >= 4 is 5.97 Å². The van der Waals surface area contributed by atoms with E-state index in [4.69, 9.17) is 10.2 Å². The van der Waals surface area contributed by atoms with Gasteiger partial charge in [-0.15, -0.1) is 0 Å². The lowest BCUT2D eigenvalue weighted by Gasteiger charge is -1.92. The van der Waals surface area contributed by atoms with E-state index in [1.807, 2.05) is 0 Å². The van der Waals surface area contributed by atoms with Gasteiger partial charge in [-0.2, -0.15) is 5.10 Å². The van der Waals surface area contributed by atoms with Gasteiger partial charge in [0.2, 0.25) is 0 Å². The van der Waals surface area contributed by atoms with E-state index in [9.17, 15) is 4.79 Å². The predicted molar refractivity (Wildman–Crippen MR) is 50.1 cm³/mol. The van der Waals surface area contributed by atoms with E-state index in [1.165, 1.54) is 10.9 Å². The largest absolute Gasteiger partial charge is 0.478 e. The summed E-state index contributed by atoms with van der Waals surface area (Å²) in [6, 6.07) is 0. The third-order valence-corrected chi connectivity index (χ3v) is 1.74. The Hall–Kier alpha value is -1.62. The highest BCUT2D eigenvalue weighted by atomic mass is 16.4. The standard InChI is InChI=1S/C9H12N2O3/c1-7-8(9(13)14)6-11(10-7)4-2-3-5-12/h2-3,6,12H,4-5H2,1H3,(H,13,14)/b3-2-. The zero-order valence-electron chi connectivity index (χ0n) is 7.84. The number of aliphatic hydroxyl groups excluding tert-OH is 1. The van der Waals surface area contributed by atoms with Gasteiger partial charge < -0.3 is 10.2 Å². The monoisotopic (exact) mass is 196 g/mol. The van der Waals surface area contributed by atoms with Crippen LogP contribution in [-0.2, 0) is 6.54 Å². The maximum absolute atomic E-state index is 10.7. The maximum Gasteiger partial charge on any atom is 0.339 e. The Morgan fingerprint density at radius 3 is 2.86 bits per heavy atom. The molecule has 0 fully saturated rings. The summed E-state index contributed by atoms with van der Waals surface area (Å²) < 4.78 is 1.52. The number of carboxylic acid groups (broad SMARTS) is 1. The van der Waals surface area contributed by atoms with Crippen molar-refractivity contribution in [2.24, 2.45) is 0 Å². The van der Waals surface area contributed by atoms with Gasteiger partial charge in [0, 0.05) is 6.20 Å². The second-order valence-corrected chi connectivity index (χ2v) is 2.81. The lowest BCUT2D eigenvalue weighted by Crippen LogP contribution is -1.96. The van der Waals surface area contributed by atoms with Gasteiger partial charge in [0.1, 0.15) is 5.56 Å². The van der Waals surface area contributed by atoms with E-state index >= 15 is 0 Å². The lowest BCUT2D eigenvalue weighted by atomic mass is 10.3. The fourth-order valence-corrected chi connectivity index (χ4v) is 1.08. The van der Waals surface area contributed by atoms with Crippen molar-refractivity contribution in [3.05, 3.63) is 29.6 Å². The molecule has 0 saturated carbocycles. The zero-order chi connectivity index (χ0) is 10.6. The summed E-state index contributed by atoms with van der Waals surface area (Å²) in [4.78, 5) is 10.7. The van der Waals surface area contributed by atoms with Crippen LogP contribution >= 0.6 is 0 Å². The lowest BCUT2D eigenvalue weighted by molar-refractivity contribution is 0.0696. The fraction of sp³-hybridized carbons (Fsp3) is 0.333. The third kappa shape index (κ3) is 2.43. The SMILES string of the molecule is Cc1nn(C/C=C\CO)cc1C(=O)O. The quantitative estimate of drug-likeness (QED) is 0.685. The van der Waals surface area contributed by atoms with Crippen LogP contribution in [0.5, 0.6) is 0 Å². The normalized spacial score (nSPS) is 11.0. The molecule has 0 unspecified atom stereocenters. The molecule has 2 N–H and O–H groups in total. The van der Waals surface area contributed by atoms with Crippen molar-refractivity contribution in [3.8, 4) is 0 Å². The molecule has 1 aromatic heterocycles. The number of hydrogen-bond donors (Lipinski definition) is 2. The van der Waals surface area contributed by atoms with Crippen molar-refractivity contribution in [1.82, 2.24) is 9.78 Å². The predicted octanol–water partition coefficient (Wildman–Crippen LogP) is 0.438. The first-order chi connectivity index (χ1) is 6.65. The van der Waals surface area contributed by atoms with Crippen LogP contribution < -0.4 is 0 Å². The Labute approximate surface area is 81.3 Å². The van der Waals surface area contributed by atoms with Crippen LogP contribution in [0, 0.1) is 6.92 Å². The molecule has 0 radical (unpaired) electrons. The number of aromatic nitrogens is 2. The first-order valence-electron chi connectivity index (χ1n) is 4.18. The number of carboxylic acids is 1. The number of allylic oxidation sites excluding steroid dienone is 1. The summed E-state index contributed by atoms with van der Waals surface area (Å²) >= 11 is 0. The average Bonchev–Trinajstić information content (AvgIpc) is 2.47. The van der Waals surface area contributed by atoms with Crippen LogP contribution in [-0.4, -0.2) is 32.6 Å². The Morgan fingerprint density at radius 2 is 2.36 bits per heavy atom. The Kier molecular flexibility index (Phi) is 3.41. The van der Waals surface area contributed by atoms with Crippen LogP contribution in [0.25, 0.3) is 0 Å². The first-order valence-corrected chi connectivity index (χ1v) is 4.18. The zero-order valence-corrected chi connectivity index (χ0v) is 7.84. The van der Waals surface area contributed by atoms with Gasteiger partial charge in [0.05, 0.1) is 18.8 Å². The van der Waals surface area contributed by atoms with Gasteiger partial charge in [0.25, 0.3) is 0 Å². The number of carbonyl (C=O) groups is 1. The van der Waals surface area contributed by atoms with Crippen LogP contribution in [0.1, 0.15) is 16.1 Å². The van der Waals surface area contributed by atoms with E-state index in [0.717, 1.165) is 0 Å². The molecular weight excluding hydrogens is 184 g/mol. The summed E-state index contributed by atoms with van der Waals surface area (Å²) in [6.07, 6.45) is 4.77. The number of rotatable bonds is 4. The van der Waals surface area contributed by atoms with Crippen molar-refractivity contribution in [3.63, 3.8) is 0 Å². The molecule has 14 heavy (non-hydrogen) atoms. The number of aliphatic hydroxyl groups is 1. The highest BCUT2D eigenvalue weighted by Gasteiger charge is 2.10. The summed E-state index contributed by atoms with van der Waals surface area (Å²) in [5.74, 6) is -0.972. The average molecular weight is 196 g/mol. The molecular formula is C9H12N2O3. The molecule has 0 aliphatic rings. The Morgan fingerprint density at radius 1 is 1.64 bits per heavy atom. The number of aromatic carboxylic acids is 1. The van der Waals surface area contributed by atoms with Crippen molar-refractivity contribution in [2.45, 2.75) is 13.5 Å². The molecule has 1 heterocycles. The second-order valence-electron chi connectivity index (χ2n) is 2.81. The van der Waals surface area contributed by atoms with Crippen molar-refractivity contribution in [2.75, 3.05) is 6.61 Å². The van der Waals surface area contributed by atoms with Gasteiger partial charge in [0.15, 0.2) is 0 Å². The fourth-order valence-electron chi connectivity index (χ4n) is 1.08. The van der Waals surface area contributed by atoms with E-state index < -0.39 is 5.97 Å². The summed E-state index contributed by atoms with van der Waals surface area (Å²) in [7, 11) is 0. The molecule has 0 aliphatic carbocycles. The maximum atomic E-state index is 10.7. The number of hydrogen-bond acceptors (Lipinski definition) is 3. The van der Waals surface area contributed by atoms with Gasteiger partial charge in [-0.25, -0.2) is 4.79 Å². The molecule has 0 atom stereocenters. The minimum atomic E-state index is -0.972. The smallest absolute Gasteiger partial charge is 0.339 e. The van der Waals surface area contributed by atoms with Crippen molar-refractivity contribution in [1.29, 1.82) is 0 Å². The van der Waals surface area contributed by atoms with Gasteiger partial charge >= 0.3 is 5.97 Å². The van der Waals surface area contributed by atoms with E-state index in [2.05, 4.69) is 5.10 Å². The topological polar surface area (TPSA) is 75.3 Å². The molecule has 0 aliphatic heterocycles. The Bertz CT molecular complexity index is 355. The van der Waals surface area contributed by atoms with Crippen molar-refractivity contribution < 1.29 is 15.0 Å². The summed E-state index contributed by atoms with van der Waals surface area (Å²) in [6.45, 7) is 2.09. The van der Waals surface area contributed by atoms with Gasteiger partial charge in [-0.1, -0.05) is 12.2 Å². The molecule has 0 spiro atoms. The molecule has 1 aromatic rings. The molecule has 0 bridgehead atoms. The van der Waals surface area contributed by atoms with E-state index in [1.54, 1.807) is 19.1 Å². The number of aryl methyl sites for hydroxylation is 1. The van der Waals surface area contributed by atoms with Crippen LogP contribution in [0.3, 0.4) is 0 Å². The molecule has 5 nitrogen and oxygen atoms in total. The van der Waals surface area contributed by atoms with Crippen LogP contribution in [0.15, 0.2) is 18.3 Å². The molecule has 0 aromatic carbocycles. The van der Waals surface area contributed by atoms with E-state index in [0.29, 0.717) is 12.2 Å². The summed E-state index contributed by atoms with van der Waals surface area (Å²) in [5.41, 5.74) is 0.706. The van der Waals surface area contributed by atoms with E-state index in [-0.39, 0.29) is 12.2 Å². The van der Waals surface area contributed by atoms with Gasteiger partial charge in [-0.05, 0) is 6.92 Å². The highest BCUT2D eigenvalue weighted by Crippen LogP contribution is 2.05.